The predicted octanol–water partition coefficient (Wildman–Crippen LogP) is -1.90. The molecule has 0 aromatic rings. The van der Waals surface area contributed by atoms with Gasteiger partial charge in [0, 0.05) is 30.8 Å². The topological polar surface area (TPSA) is 271 Å². The first-order valence-electron chi connectivity index (χ1n) is 17.7. The Hall–Kier alpha value is -3.49. The van der Waals surface area contributed by atoms with Crippen LogP contribution in [0.2, 0.25) is 0 Å². The van der Waals surface area contributed by atoms with Crippen molar-refractivity contribution in [3.63, 3.8) is 0 Å². The van der Waals surface area contributed by atoms with Gasteiger partial charge in [0.15, 0.2) is 11.5 Å². The lowest BCUT2D eigenvalue weighted by molar-refractivity contribution is -0.296. The maximum atomic E-state index is 14.1. The Kier molecular flexibility index (Phi) is 10.1. The molecule has 54 heavy (non-hydrogen) atoms. The molecule has 6 N–H and O–H groups in total. The number of fused-ring (bicyclic) bond motifs is 2. The number of aliphatic hydroxyl groups excluding tert-OH is 6. The summed E-state index contributed by atoms with van der Waals surface area (Å²) in [5.74, 6) is -8.09. The zero-order valence-corrected chi connectivity index (χ0v) is 30.9. The van der Waals surface area contributed by atoms with Gasteiger partial charge in [-0.05, 0) is 56.6 Å². The van der Waals surface area contributed by atoms with Crippen LogP contribution < -0.4 is 0 Å². The van der Waals surface area contributed by atoms with Crippen LogP contribution in [-0.2, 0) is 57.1 Å². The van der Waals surface area contributed by atoms with Gasteiger partial charge in [0.05, 0.1) is 32.3 Å². The molecule has 2 saturated carbocycles. The highest BCUT2D eigenvalue weighted by atomic mass is 16.7. The molecule has 18 heteroatoms. The van der Waals surface area contributed by atoms with E-state index in [0.29, 0.717) is 5.57 Å². The van der Waals surface area contributed by atoms with E-state index in [-0.39, 0.29) is 30.8 Å². The fourth-order valence-electron chi connectivity index (χ4n) is 10.2. The Bertz CT molecular complexity index is 1670. The molecule has 3 saturated heterocycles. The van der Waals surface area contributed by atoms with Gasteiger partial charge in [-0.15, -0.1) is 0 Å². The van der Waals surface area contributed by atoms with Gasteiger partial charge in [0.1, 0.15) is 42.2 Å². The monoisotopic (exact) mass is 768 g/mol. The second-order valence-corrected chi connectivity index (χ2v) is 16.0. The Labute approximate surface area is 309 Å². The van der Waals surface area contributed by atoms with Gasteiger partial charge in [-0.1, -0.05) is 6.92 Å². The van der Waals surface area contributed by atoms with Crippen LogP contribution in [0.4, 0.5) is 0 Å². The molecule has 6 aliphatic rings. The van der Waals surface area contributed by atoms with E-state index in [4.69, 9.17) is 33.2 Å². The van der Waals surface area contributed by atoms with Gasteiger partial charge in [0.2, 0.25) is 18.0 Å². The van der Waals surface area contributed by atoms with E-state index in [9.17, 15) is 54.6 Å². The fraction of sp³-hybridized carbons (Fsp3) is 0.750. The third kappa shape index (κ3) is 5.63. The first kappa shape index (κ1) is 40.2. The lowest BCUT2D eigenvalue weighted by Crippen LogP contribution is -2.79. The van der Waals surface area contributed by atoms with Crippen molar-refractivity contribution >= 4 is 29.7 Å². The fourth-order valence-corrected chi connectivity index (χ4v) is 10.2. The molecule has 300 valence electrons. The zero-order chi connectivity index (χ0) is 40.0. The van der Waals surface area contributed by atoms with E-state index in [1.165, 1.54) is 27.7 Å². The van der Waals surface area contributed by atoms with Crippen molar-refractivity contribution < 1.29 is 87.8 Å². The van der Waals surface area contributed by atoms with Crippen LogP contribution in [0, 0.1) is 28.6 Å². The molecule has 5 fully saturated rings. The van der Waals surface area contributed by atoms with Crippen LogP contribution in [0.3, 0.4) is 0 Å². The molecule has 3 heterocycles. The Balaban J connectivity index is 1.41. The lowest BCUT2D eigenvalue weighted by Gasteiger charge is -2.67. The summed E-state index contributed by atoms with van der Waals surface area (Å²) in [6.07, 6.45) is -14.4. The smallest absolute Gasteiger partial charge is 0.348 e. The molecule has 0 radical (unpaired) electrons. The molecule has 6 rings (SSSR count). The standard InChI is InChI=1S/C36H48O18/c1-13(33(4,5)54-15(3)38)8-20(40)52-26-28-35-12-49-36(28,32(47)48-7)29(45)24(44)27(35)34(6)10-17(39)25(14(2)16(34)9-19(35)51-30(26)46)53-31-23(43)22(42)21(41)18(11-37)50-31/h8,16,18-19,21-24,26-29,31,37,41-45H,9-12H2,1-7H3/b13-8+/t16?,18-,19-,21-,22+,23-,24?,26?,27?,28-,29?,31+,34+,35-,36+/m1/s1. The first-order valence-corrected chi connectivity index (χ1v) is 17.7. The van der Waals surface area contributed by atoms with Crippen molar-refractivity contribution in [2.75, 3.05) is 20.3 Å². The van der Waals surface area contributed by atoms with E-state index < -0.39 is 131 Å². The maximum absolute atomic E-state index is 14.1. The molecule has 5 unspecified atom stereocenters. The third-order valence-electron chi connectivity index (χ3n) is 12.8. The zero-order valence-electron chi connectivity index (χ0n) is 30.9. The Morgan fingerprint density at radius 3 is 2.28 bits per heavy atom. The Morgan fingerprint density at radius 2 is 1.67 bits per heavy atom. The Morgan fingerprint density at radius 1 is 1.00 bits per heavy atom. The van der Waals surface area contributed by atoms with Gasteiger partial charge in [-0.25, -0.2) is 14.4 Å². The van der Waals surface area contributed by atoms with Gasteiger partial charge in [0.25, 0.3) is 0 Å². The number of carbonyl (C=O) groups excluding carboxylic acids is 5. The summed E-state index contributed by atoms with van der Waals surface area (Å²) in [6.45, 7) is 7.94. The SMILES string of the molecule is COC(=O)[C@@]12OC[C@]34C(C(O)C1O)[C@@]1(C)CC(=O)C(O[C@@H]5O[C@H](CO)[C@@H](O)[C@H](O)[C@H]5O)=C(C)C1C[C@H]3OC(=O)C(OC(=O)/C=C(\C)C(C)(C)OC(C)=O)[C@H]42. The molecular weight excluding hydrogens is 720 g/mol. The van der Waals surface area contributed by atoms with Crippen LogP contribution in [0.5, 0.6) is 0 Å². The summed E-state index contributed by atoms with van der Waals surface area (Å²) in [4.78, 5) is 66.9. The van der Waals surface area contributed by atoms with Crippen molar-refractivity contribution in [3.05, 3.63) is 23.0 Å². The molecule has 1 spiro atoms. The molecule has 0 aromatic heterocycles. The highest BCUT2D eigenvalue weighted by Gasteiger charge is 2.85. The number of ether oxygens (including phenoxy) is 7. The number of hydrogen-bond donors (Lipinski definition) is 6. The van der Waals surface area contributed by atoms with Crippen LogP contribution in [-0.4, -0.2) is 147 Å². The number of allylic oxidation sites excluding steroid dienone is 2. The lowest BCUT2D eigenvalue weighted by atomic mass is 9.38. The van der Waals surface area contributed by atoms with Crippen LogP contribution in [0.15, 0.2) is 23.0 Å². The summed E-state index contributed by atoms with van der Waals surface area (Å²) >= 11 is 0. The summed E-state index contributed by atoms with van der Waals surface area (Å²) in [5, 5.41) is 64.8. The van der Waals surface area contributed by atoms with E-state index >= 15 is 0 Å². The average molecular weight is 769 g/mol. The van der Waals surface area contributed by atoms with E-state index in [2.05, 4.69) is 0 Å². The van der Waals surface area contributed by atoms with E-state index in [0.717, 1.165) is 13.2 Å². The van der Waals surface area contributed by atoms with Crippen LogP contribution >= 0.6 is 0 Å². The minimum absolute atomic E-state index is 0.0183. The second kappa shape index (κ2) is 13.6. The second-order valence-electron chi connectivity index (χ2n) is 16.0. The van der Waals surface area contributed by atoms with Gasteiger partial charge < -0.3 is 63.8 Å². The highest BCUT2D eigenvalue weighted by Crippen LogP contribution is 2.73. The van der Waals surface area contributed by atoms with Crippen molar-refractivity contribution in [1.82, 2.24) is 0 Å². The van der Waals surface area contributed by atoms with E-state index in [1.807, 2.05) is 0 Å². The van der Waals surface area contributed by atoms with Crippen molar-refractivity contribution in [2.24, 2.45) is 28.6 Å². The predicted molar refractivity (Wildman–Crippen MR) is 175 cm³/mol. The number of hydrogen-bond acceptors (Lipinski definition) is 18. The summed E-state index contributed by atoms with van der Waals surface area (Å²) < 4.78 is 39.6. The molecule has 3 aliphatic heterocycles. The van der Waals surface area contributed by atoms with Crippen molar-refractivity contribution in [1.29, 1.82) is 0 Å². The van der Waals surface area contributed by atoms with Gasteiger partial charge in [-0.2, -0.15) is 0 Å². The number of Topliss-reactive ketones (excluding diaryl/α,β-unsaturated/α-hetero) is 1. The average Bonchev–Trinajstić information content (AvgIpc) is 3.40. The molecule has 18 nitrogen and oxygen atoms in total. The normalized spacial score (nSPS) is 44.4. The maximum Gasteiger partial charge on any atom is 0.348 e. The molecular formula is C36H48O18. The number of ketones is 1. The molecule has 0 amide bonds. The van der Waals surface area contributed by atoms with Crippen LogP contribution in [0.25, 0.3) is 0 Å². The van der Waals surface area contributed by atoms with Crippen molar-refractivity contribution in [2.45, 2.75) is 121 Å². The third-order valence-corrected chi connectivity index (χ3v) is 12.8. The number of esters is 4. The largest absolute Gasteiger partial charge is 0.467 e. The summed E-state index contributed by atoms with van der Waals surface area (Å²) in [7, 11) is 1.03. The molecule has 2 bridgehead atoms. The molecule has 3 aliphatic carbocycles. The molecule has 0 aromatic carbocycles. The number of methoxy groups -OCH3 is 1. The molecule has 15 atom stereocenters. The minimum Gasteiger partial charge on any atom is -0.467 e. The number of carbonyl (C=O) groups is 5. The summed E-state index contributed by atoms with van der Waals surface area (Å²) in [6, 6.07) is 0. The number of rotatable bonds is 8. The first-order chi connectivity index (χ1) is 25.1. The minimum atomic E-state index is -2.41. The van der Waals surface area contributed by atoms with Crippen molar-refractivity contribution in [3.8, 4) is 0 Å². The van der Waals surface area contributed by atoms with E-state index in [1.54, 1.807) is 13.8 Å². The van der Waals surface area contributed by atoms with Gasteiger partial charge >= 0.3 is 23.9 Å². The quantitative estimate of drug-likeness (QED) is 0.0894. The number of aliphatic hydroxyl groups is 6. The summed E-state index contributed by atoms with van der Waals surface area (Å²) in [5.41, 5.74) is -5.89. The van der Waals surface area contributed by atoms with Crippen LogP contribution in [0.1, 0.15) is 54.4 Å². The van der Waals surface area contributed by atoms with Gasteiger partial charge in [-0.3, -0.25) is 9.59 Å². The highest BCUT2D eigenvalue weighted by molar-refractivity contribution is 5.96.